The van der Waals surface area contributed by atoms with Gasteiger partial charge in [-0.05, 0) is 31.0 Å². The van der Waals surface area contributed by atoms with Crippen LogP contribution in [0.5, 0.6) is 5.75 Å². The zero-order chi connectivity index (χ0) is 19.6. The fourth-order valence-electron chi connectivity index (χ4n) is 2.22. The molecule has 0 aromatic heterocycles. The van der Waals surface area contributed by atoms with Gasteiger partial charge in [0.1, 0.15) is 12.4 Å². The summed E-state index contributed by atoms with van der Waals surface area (Å²) in [5.74, 6) is -0.334. The second-order valence-corrected chi connectivity index (χ2v) is 6.76. The number of hydrogen-bond donors (Lipinski definition) is 1. The first-order valence-corrected chi connectivity index (χ1v) is 9.25. The molecule has 0 unspecified atom stereocenters. The van der Waals surface area contributed by atoms with Crippen LogP contribution in [0.3, 0.4) is 0 Å². The number of amides is 1. The van der Waals surface area contributed by atoms with E-state index in [1.54, 1.807) is 12.1 Å². The highest BCUT2D eigenvalue weighted by atomic mass is 35.5. The first-order chi connectivity index (χ1) is 12.9. The maximum Gasteiger partial charge on any atom is 0.344 e. The Morgan fingerprint density at radius 3 is 2.56 bits per heavy atom. The fourth-order valence-corrected chi connectivity index (χ4v) is 2.56. The molecule has 144 valence electrons. The van der Waals surface area contributed by atoms with Crippen LogP contribution in [-0.4, -0.2) is 31.6 Å². The largest absolute Gasteiger partial charge is 0.480 e. The molecule has 0 radical (unpaired) electrons. The molecule has 0 saturated heterocycles. The van der Waals surface area contributed by atoms with Gasteiger partial charge in [0.2, 0.25) is 5.91 Å². The van der Waals surface area contributed by atoms with Gasteiger partial charge in [0.25, 0.3) is 0 Å². The maximum absolute atomic E-state index is 11.8. The van der Waals surface area contributed by atoms with E-state index >= 15 is 0 Å². The predicted octanol–water partition coefficient (Wildman–Crippen LogP) is 3.97. The molecule has 2 aromatic carbocycles. The van der Waals surface area contributed by atoms with Crippen molar-refractivity contribution in [3.05, 3.63) is 63.6 Å². The third-order valence-electron chi connectivity index (χ3n) is 3.69. The normalized spacial score (nSPS) is 10.3. The van der Waals surface area contributed by atoms with Gasteiger partial charge in [-0.3, -0.25) is 4.79 Å². The average Bonchev–Trinajstić information content (AvgIpc) is 2.65. The molecular formula is C20H21Cl2NO4. The minimum atomic E-state index is -0.556. The Balaban J connectivity index is 1.58. The van der Waals surface area contributed by atoms with Crippen LogP contribution in [0.15, 0.2) is 42.5 Å². The van der Waals surface area contributed by atoms with Crippen LogP contribution in [0.4, 0.5) is 0 Å². The molecule has 7 heteroatoms. The molecule has 0 fully saturated rings. The lowest BCUT2D eigenvalue weighted by Crippen LogP contribution is -2.29. The Morgan fingerprint density at radius 2 is 1.81 bits per heavy atom. The van der Waals surface area contributed by atoms with Crippen molar-refractivity contribution in [3.8, 4) is 5.75 Å². The smallest absolute Gasteiger partial charge is 0.344 e. The Hall–Kier alpha value is -2.24. The molecule has 27 heavy (non-hydrogen) atoms. The van der Waals surface area contributed by atoms with E-state index in [2.05, 4.69) is 5.32 Å². The SMILES string of the molecule is Cc1ccc(CCC(=O)NCCOC(=O)COc2cc(Cl)ccc2Cl)cc1. The number of esters is 1. The highest BCUT2D eigenvalue weighted by Gasteiger charge is 2.08. The molecular weight excluding hydrogens is 389 g/mol. The number of benzene rings is 2. The summed E-state index contributed by atoms with van der Waals surface area (Å²) in [6.07, 6.45) is 1.05. The quantitative estimate of drug-likeness (QED) is 0.502. The molecule has 0 saturated carbocycles. The molecule has 0 heterocycles. The number of hydrogen-bond acceptors (Lipinski definition) is 4. The van der Waals surface area contributed by atoms with E-state index in [1.165, 1.54) is 11.6 Å². The van der Waals surface area contributed by atoms with Gasteiger partial charge >= 0.3 is 5.97 Å². The van der Waals surface area contributed by atoms with Crippen molar-refractivity contribution < 1.29 is 19.1 Å². The summed E-state index contributed by atoms with van der Waals surface area (Å²) in [5.41, 5.74) is 2.30. The zero-order valence-corrected chi connectivity index (χ0v) is 16.5. The highest BCUT2D eigenvalue weighted by molar-refractivity contribution is 6.34. The van der Waals surface area contributed by atoms with Gasteiger partial charge in [0.15, 0.2) is 6.61 Å². The highest BCUT2D eigenvalue weighted by Crippen LogP contribution is 2.27. The second-order valence-electron chi connectivity index (χ2n) is 5.92. The molecule has 0 aliphatic heterocycles. The summed E-state index contributed by atoms with van der Waals surface area (Å²) in [6.45, 7) is 2.05. The van der Waals surface area contributed by atoms with Crippen LogP contribution >= 0.6 is 23.2 Å². The van der Waals surface area contributed by atoms with Crippen LogP contribution in [0.2, 0.25) is 10.0 Å². The Bertz CT molecular complexity index is 778. The Kier molecular flexibility index (Phi) is 8.43. The maximum atomic E-state index is 11.8. The van der Waals surface area contributed by atoms with Crippen molar-refractivity contribution in [2.24, 2.45) is 0 Å². The van der Waals surface area contributed by atoms with Gasteiger partial charge in [0, 0.05) is 17.5 Å². The summed E-state index contributed by atoms with van der Waals surface area (Å²) in [7, 11) is 0. The van der Waals surface area contributed by atoms with Crippen LogP contribution < -0.4 is 10.1 Å². The minimum Gasteiger partial charge on any atom is -0.480 e. The summed E-state index contributed by atoms with van der Waals surface area (Å²) < 4.78 is 10.3. The van der Waals surface area contributed by atoms with Gasteiger partial charge < -0.3 is 14.8 Å². The molecule has 0 aliphatic rings. The molecule has 0 bridgehead atoms. The molecule has 1 amide bonds. The summed E-state index contributed by atoms with van der Waals surface area (Å²) >= 11 is 11.8. The van der Waals surface area contributed by atoms with Crippen LogP contribution in [0.1, 0.15) is 17.5 Å². The van der Waals surface area contributed by atoms with E-state index in [-0.39, 0.29) is 25.7 Å². The van der Waals surface area contributed by atoms with Crippen molar-refractivity contribution in [1.29, 1.82) is 0 Å². The monoisotopic (exact) mass is 409 g/mol. The lowest BCUT2D eigenvalue weighted by Gasteiger charge is -2.09. The number of rotatable bonds is 9. The van der Waals surface area contributed by atoms with E-state index in [9.17, 15) is 9.59 Å². The Morgan fingerprint density at radius 1 is 1.07 bits per heavy atom. The minimum absolute atomic E-state index is 0.0712. The molecule has 0 spiro atoms. The van der Waals surface area contributed by atoms with Gasteiger partial charge in [-0.15, -0.1) is 0 Å². The molecule has 0 atom stereocenters. The van der Waals surface area contributed by atoms with E-state index in [1.807, 2.05) is 31.2 Å². The molecule has 2 rings (SSSR count). The van der Waals surface area contributed by atoms with Gasteiger partial charge in [0.05, 0.1) is 11.6 Å². The van der Waals surface area contributed by atoms with E-state index < -0.39 is 5.97 Å². The van der Waals surface area contributed by atoms with Crippen molar-refractivity contribution >= 4 is 35.1 Å². The summed E-state index contributed by atoms with van der Waals surface area (Å²) in [5, 5.41) is 3.52. The first-order valence-electron chi connectivity index (χ1n) is 8.50. The molecule has 2 aromatic rings. The number of halogens is 2. The van der Waals surface area contributed by atoms with Crippen LogP contribution in [0.25, 0.3) is 0 Å². The van der Waals surface area contributed by atoms with Gasteiger partial charge in [-0.1, -0.05) is 53.0 Å². The fraction of sp³-hybridized carbons (Fsp3) is 0.300. The van der Waals surface area contributed by atoms with Gasteiger partial charge in [-0.2, -0.15) is 0 Å². The first kappa shape index (κ1) is 21.1. The van der Waals surface area contributed by atoms with Crippen molar-refractivity contribution in [3.63, 3.8) is 0 Å². The Labute approximate surface area is 168 Å². The van der Waals surface area contributed by atoms with E-state index in [0.29, 0.717) is 28.6 Å². The van der Waals surface area contributed by atoms with Gasteiger partial charge in [-0.25, -0.2) is 4.79 Å². The molecule has 1 N–H and O–H groups in total. The summed E-state index contributed by atoms with van der Waals surface area (Å²) in [4.78, 5) is 23.5. The van der Waals surface area contributed by atoms with E-state index in [4.69, 9.17) is 32.7 Å². The molecule has 5 nitrogen and oxygen atoms in total. The lowest BCUT2D eigenvalue weighted by molar-refractivity contribution is -0.146. The number of nitrogens with one attached hydrogen (secondary N) is 1. The number of ether oxygens (including phenoxy) is 2. The average molecular weight is 410 g/mol. The zero-order valence-electron chi connectivity index (χ0n) is 15.0. The van der Waals surface area contributed by atoms with Crippen molar-refractivity contribution in [2.45, 2.75) is 19.8 Å². The lowest BCUT2D eigenvalue weighted by atomic mass is 10.1. The standard InChI is InChI=1S/C20H21Cl2NO4/c1-14-2-4-15(5-3-14)6-9-19(24)23-10-11-26-20(25)13-27-18-12-16(21)7-8-17(18)22/h2-5,7-8,12H,6,9-11,13H2,1H3,(H,23,24). The van der Waals surface area contributed by atoms with Crippen molar-refractivity contribution in [2.75, 3.05) is 19.8 Å². The van der Waals surface area contributed by atoms with Crippen molar-refractivity contribution in [1.82, 2.24) is 5.32 Å². The van der Waals surface area contributed by atoms with Crippen LogP contribution in [-0.2, 0) is 20.7 Å². The second kappa shape index (κ2) is 10.8. The predicted molar refractivity (Wildman–Crippen MR) is 105 cm³/mol. The topological polar surface area (TPSA) is 64.6 Å². The summed E-state index contributed by atoms with van der Waals surface area (Å²) in [6, 6.07) is 12.8. The number of aryl methyl sites for hydroxylation is 2. The van der Waals surface area contributed by atoms with E-state index in [0.717, 1.165) is 5.56 Å². The third-order valence-corrected chi connectivity index (χ3v) is 4.23. The third kappa shape index (κ3) is 7.89. The molecule has 0 aliphatic carbocycles. The number of carbonyl (C=O) groups excluding carboxylic acids is 2. The number of carbonyl (C=O) groups is 2. The van der Waals surface area contributed by atoms with Crippen LogP contribution in [0, 0.1) is 6.92 Å².